The summed E-state index contributed by atoms with van der Waals surface area (Å²) >= 11 is 6.12. The number of carboxylic acid groups (broad SMARTS) is 1. The average Bonchev–Trinajstić information content (AvgIpc) is 2.97. The van der Waals surface area contributed by atoms with Crippen molar-refractivity contribution in [3.8, 4) is 11.5 Å². The number of carboxylic acids is 1. The molecular weight excluding hydrogens is 270 g/mol. The third-order valence-electron chi connectivity index (χ3n) is 3.51. The van der Waals surface area contributed by atoms with E-state index in [9.17, 15) is 4.79 Å². The maximum absolute atomic E-state index is 10.9. The largest absolute Gasteiger partial charge is 0.481 e. The van der Waals surface area contributed by atoms with E-state index in [0.29, 0.717) is 36.0 Å². The summed E-state index contributed by atoms with van der Waals surface area (Å²) in [6.45, 7) is 2.26. The van der Waals surface area contributed by atoms with Crippen molar-refractivity contribution in [3.63, 3.8) is 0 Å². The van der Waals surface area contributed by atoms with E-state index >= 15 is 0 Å². The van der Waals surface area contributed by atoms with Gasteiger partial charge in [-0.3, -0.25) is 9.69 Å². The molecule has 1 N–H and O–H groups in total. The van der Waals surface area contributed by atoms with Crippen molar-refractivity contribution in [2.45, 2.75) is 13.0 Å². The molecule has 0 radical (unpaired) electrons. The lowest BCUT2D eigenvalue weighted by Gasteiger charge is -2.15. The van der Waals surface area contributed by atoms with Crippen LogP contribution in [0.2, 0.25) is 5.02 Å². The summed E-state index contributed by atoms with van der Waals surface area (Å²) in [6, 6.07) is 3.76. The van der Waals surface area contributed by atoms with Crippen LogP contribution in [0.4, 0.5) is 0 Å². The molecule has 5 nitrogen and oxygen atoms in total. The summed E-state index contributed by atoms with van der Waals surface area (Å²) in [5.74, 6) is 0.280. The number of carbonyl (C=O) groups is 1. The molecule has 1 saturated heterocycles. The van der Waals surface area contributed by atoms with E-state index in [1.54, 1.807) is 0 Å². The van der Waals surface area contributed by atoms with Gasteiger partial charge in [0, 0.05) is 13.1 Å². The molecule has 0 bridgehead atoms. The monoisotopic (exact) mass is 283 g/mol. The van der Waals surface area contributed by atoms with Crippen LogP contribution in [0.15, 0.2) is 12.1 Å². The van der Waals surface area contributed by atoms with Crippen molar-refractivity contribution in [3.05, 3.63) is 22.7 Å². The maximum atomic E-state index is 10.9. The number of benzene rings is 1. The van der Waals surface area contributed by atoms with Crippen molar-refractivity contribution in [2.75, 3.05) is 19.9 Å². The predicted molar refractivity (Wildman–Crippen MR) is 68.6 cm³/mol. The molecule has 0 saturated carbocycles. The minimum absolute atomic E-state index is 0.198. The molecule has 0 aromatic heterocycles. The van der Waals surface area contributed by atoms with E-state index in [4.69, 9.17) is 26.2 Å². The highest BCUT2D eigenvalue weighted by atomic mass is 35.5. The van der Waals surface area contributed by atoms with Crippen molar-refractivity contribution >= 4 is 17.6 Å². The summed E-state index contributed by atoms with van der Waals surface area (Å²) in [5.41, 5.74) is 1.01. The van der Waals surface area contributed by atoms with Gasteiger partial charge in [-0.05, 0) is 30.7 Å². The number of aliphatic carboxylic acids is 1. The van der Waals surface area contributed by atoms with Crippen molar-refractivity contribution in [1.29, 1.82) is 0 Å². The van der Waals surface area contributed by atoms with Crippen LogP contribution in [0.3, 0.4) is 0 Å². The van der Waals surface area contributed by atoms with E-state index < -0.39 is 5.97 Å². The fraction of sp³-hybridized carbons (Fsp3) is 0.462. The van der Waals surface area contributed by atoms with E-state index in [1.165, 1.54) is 0 Å². The van der Waals surface area contributed by atoms with Crippen LogP contribution in [-0.2, 0) is 11.3 Å². The molecule has 2 aliphatic heterocycles. The molecule has 1 unspecified atom stereocenters. The van der Waals surface area contributed by atoms with Crippen molar-refractivity contribution in [1.82, 2.24) is 4.90 Å². The Labute approximate surface area is 115 Å². The van der Waals surface area contributed by atoms with Crippen LogP contribution in [0.1, 0.15) is 12.0 Å². The Morgan fingerprint density at radius 2 is 2.32 bits per heavy atom. The lowest BCUT2D eigenvalue weighted by molar-refractivity contribution is -0.141. The molecular formula is C13H14ClNO4. The number of rotatable bonds is 3. The molecule has 0 spiro atoms. The highest BCUT2D eigenvalue weighted by Gasteiger charge is 2.28. The molecule has 19 heavy (non-hydrogen) atoms. The molecule has 1 fully saturated rings. The standard InChI is InChI=1S/C13H14ClNO4/c14-10-3-8(4-11-12(10)19-7-18-11)5-15-2-1-9(6-15)13(16)17/h3-4,9H,1-2,5-7H2,(H,16,17). The van der Waals surface area contributed by atoms with Gasteiger partial charge >= 0.3 is 5.97 Å². The van der Waals surface area contributed by atoms with Crippen LogP contribution in [0.5, 0.6) is 11.5 Å². The number of ether oxygens (including phenoxy) is 2. The Kier molecular flexibility index (Phi) is 3.24. The van der Waals surface area contributed by atoms with E-state index in [1.807, 2.05) is 12.1 Å². The van der Waals surface area contributed by atoms with Crippen LogP contribution in [0.25, 0.3) is 0 Å². The minimum atomic E-state index is -0.716. The van der Waals surface area contributed by atoms with E-state index in [-0.39, 0.29) is 12.7 Å². The predicted octanol–water partition coefficient (Wildman–Crippen LogP) is 1.98. The van der Waals surface area contributed by atoms with Gasteiger partial charge in [0.2, 0.25) is 6.79 Å². The molecule has 2 heterocycles. The first-order valence-corrected chi connectivity index (χ1v) is 6.54. The Bertz CT molecular complexity index is 520. The van der Waals surface area contributed by atoms with Crippen LogP contribution in [-0.4, -0.2) is 35.9 Å². The smallest absolute Gasteiger partial charge is 0.307 e. The first-order chi connectivity index (χ1) is 9.13. The second-order valence-electron chi connectivity index (χ2n) is 4.87. The topological polar surface area (TPSA) is 59.0 Å². The van der Waals surface area contributed by atoms with Crippen LogP contribution >= 0.6 is 11.6 Å². The van der Waals surface area contributed by atoms with Crippen molar-refractivity contribution < 1.29 is 19.4 Å². The van der Waals surface area contributed by atoms with Gasteiger partial charge in [-0.25, -0.2) is 0 Å². The summed E-state index contributed by atoms with van der Waals surface area (Å²) in [5, 5.41) is 9.52. The van der Waals surface area contributed by atoms with Gasteiger partial charge in [0.05, 0.1) is 10.9 Å². The van der Waals surface area contributed by atoms with Crippen LogP contribution < -0.4 is 9.47 Å². The fourth-order valence-corrected chi connectivity index (χ4v) is 2.84. The summed E-state index contributed by atoms with van der Waals surface area (Å²) in [6.07, 6.45) is 0.702. The van der Waals surface area contributed by atoms with Gasteiger partial charge in [0.1, 0.15) is 0 Å². The Morgan fingerprint density at radius 3 is 3.05 bits per heavy atom. The van der Waals surface area contributed by atoms with Crippen LogP contribution in [0, 0.1) is 5.92 Å². The van der Waals surface area contributed by atoms with E-state index in [0.717, 1.165) is 12.1 Å². The van der Waals surface area contributed by atoms with Gasteiger partial charge < -0.3 is 14.6 Å². The first-order valence-electron chi connectivity index (χ1n) is 6.16. The Hall–Kier alpha value is -1.46. The number of nitrogens with zero attached hydrogens (tertiary/aromatic N) is 1. The number of hydrogen-bond donors (Lipinski definition) is 1. The quantitative estimate of drug-likeness (QED) is 0.919. The molecule has 3 rings (SSSR count). The average molecular weight is 284 g/mol. The highest BCUT2D eigenvalue weighted by Crippen LogP contribution is 2.40. The first kappa shape index (κ1) is 12.6. The van der Waals surface area contributed by atoms with Gasteiger partial charge in [0.25, 0.3) is 0 Å². The second-order valence-corrected chi connectivity index (χ2v) is 5.28. The third kappa shape index (κ3) is 2.48. The lowest BCUT2D eigenvalue weighted by Crippen LogP contribution is -2.22. The molecule has 0 aliphatic carbocycles. The lowest BCUT2D eigenvalue weighted by atomic mass is 10.1. The molecule has 0 amide bonds. The number of likely N-dealkylation sites (tertiary alicyclic amines) is 1. The summed E-state index contributed by atoms with van der Waals surface area (Å²) in [4.78, 5) is 13.0. The fourth-order valence-electron chi connectivity index (χ4n) is 2.55. The molecule has 2 aliphatic rings. The van der Waals surface area contributed by atoms with Crippen molar-refractivity contribution in [2.24, 2.45) is 5.92 Å². The second kappa shape index (κ2) is 4.90. The summed E-state index contributed by atoms with van der Waals surface area (Å²) < 4.78 is 10.6. The van der Waals surface area contributed by atoms with Gasteiger partial charge in [-0.15, -0.1) is 0 Å². The molecule has 1 aromatic carbocycles. The summed E-state index contributed by atoms with van der Waals surface area (Å²) in [7, 11) is 0. The Morgan fingerprint density at radius 1 is 1.47 bits per heavy atom. The zero-order chi connectivity index (χ0) is 13.4. The minimum Gasteiger partial charge on any atom is -0.481 e. The number of fused-ring (bicyclic) bond motifs is 1. The normalized spacial score (nSPS) is 21.8. The molecule has 1 aromatic rings. The molecule has 6 heteroatoms. The maximum Gasteiger partial charge on any atom is 0.307 e. The zero-order valence-electron chi connectivity index (χ0n) is 10.3. The van der Waals surface area contributed by atoms with Gasteiger partial charge in [-0.2, -0.15) is 0 Å². The van der Waals surface area contributed by atoms with E-state index in [2.05, 4.69) is 4.90 Å². The zero-order valence-corrected chi connectivity index (χ0v) is 11.0. The Balaban J connectivity index is 1.71. The SMILES string of the molecule is O=C(O)C1CCN(Cc2cc(Cl)c3c(c2)OCO3)C1. The van der Waals surface area contributed by atoms with Gasteiger partial charge in [-0.1, -0.05) is 11.6 Å². The molecule has 1 atom stereocenters. The van der Waals surface area contributed by atoms with Gasteiger partial charge in [0.15, 0.2) is 11.5 Å². The molecule has 102 valence electrons. The third-order valence-corrected chi connectivity index (χ3v) is 3.80. The number of hydrogen-bond acceptors (Lipinski definition) is 4. The highest BCUT2D eigenvalue weighted by molar-refractivity contribution is 6.32. The number of halogens is 1.